The van der Waals surface area contributed by atoms with E-state index in [1.54, 1.807) is 31.8 Å². The SMILES string of the molecule is Cn1ncc(Br)c1C(C)(C)O. The van der Waals surface area contributed by atoms with E-state index < -0.39 is 5.60 Å². The van der Waals surface area contributed by atoms with Crippen LogP contribution in [0.3, 0.4) is 0 Å². The van der Waals surface area contributed by atoms with Crippen molar-refractivity contribution in [3.8, 4) is 0 Å². The van der Waals surface area contributed by atoms with E-state index >= 15 is 0 Å². The highest BCUT2D eigenvalue weighted by Crippen LogP contribution is 2.26. The molecule has 0 amide bonds. The lowest BCUT2D eigenvalue weighted by atomic mass is 10.1. The van der Waals surface area contributed by atoms with Crippen LogP contribution >= 0.6 is 15.9 Å². The van der Waals surface area contributed by atoms with E-state index in [2.05, 4.69) is 21.0 Å². The molecule has 1 rings (SSSR count). The fourth-order valence-electron chi connectivity index (χ4n) is 1.10. The van der Waals surface area contributed by atoms with Gasteiger partial charge in [0.05, 0.1) is 16.4 Å². The van der Waals surface area contributed by atoms with Gasteiger partial charge in [0.25, 0.3) is 0 Å². The van der Waals surface area contributed by atoms with Gasteiger partial charge < -0.3 is 5.11 Å². The monoisotopic (exact) mass is 218 g/mol. The summed E-state index contributed by atoms with van der Waals surface area (Å²) in [5, 5.41) is 13.6. The van der Waals surface area contributed by atoms with E-state index in [1.807, 2.05) is 0 Å². The Kier molecular flexibility index (Phi) is 2.07. The Morgan fingerprint density at radius 2 is 2.18 bits per heavy atom. The van der Waals surface area contributed by atoms with Gasteiger partial charge in [-0.3, -0.25) is 4.68 Å². The molecule has 3 nitrogen and oxygen atoms in total. The highest BCUT2D eigenvalue weighted by atomic mass is 79.9. The molecule has 1 N–H and O–H groups in total. The summed E-state index contributed by atoms with van der Waals surface area (Å²) >= 11 is 3.31. The Bertz CT molecular complexity index is 242. The zero-order valence-corrected chi connectivity index (χ0v) is 8.38. The van der Waals surface area contributed by atoms with Gasteiger partial charge in [0.1, 0.15) is 5.60 Å². The topological polar surface area (TPSA) is 38.0 Å². The lowest BCUT2D eigenvalue weighted by Crippen LogP contribution is -2.20. The predicted molar refractivity (Wildman–Crippen MR) is 46.2 cm³/mol. The van der Waals surface area contributed by atoms with Gasteiger partial charge in [-0.2, -0.15) is 5.10 Å². The normalized spacial score (nSPS) is 12.1. The highest BCUT2D eigenvalue weighted by Gasteiger charge is 2.23. The zero-order chi connectivity index (χ0) is 8.65. The molecule has 1 aromatic rings. The molecule has 1 heterocycles. The van der Waals surface area contributed by atoms with E-state index in [0.29, 0.717) is 0 Å². The first kappa shape index (κ1) is 8.74. The van der Waals surface area contributed by atoms with E-state index in [4.69, 9.17) is 0 Å². The molecule has 1 aromatic heterocycles. The van der Waals surface area contributed by atoms with Crippen LogP contribution < -0.4 is 0 Å². The van der Waals surface area contributed by atoms with Crippen LogP contribution in [0.5, 0.6) is 0 Å². The number of aliphatic hydroxyl groups is 1. The summed E-state index contributed by atoms with van der Waals surface area (Å²) in [5.41, 5.74) is -0.0538. The number of aromatic nitrogens is 2. The van der Waals surface area contributed by atoms with Crippen molar-refractivity contribution in [3.05, 3.63) is 16.4 Å². The zero-order valence-electron chi connectivity index (χ0n) is 6.80. The summed E-state index contributed by atoms with van der Waals surface area (Å²) in [6.07, 6.45) is 1.67. The molecule has 0 bridgehead atoms. The summed E-state index contributed by atoms with van der Waals surface area (Å²) in [5.74, 6) is 0. The van der Waals surface area contributed by atoms with Gasteiger partial charge in [0.15, 0.2) is 0 Å². The third kappa shape index (κ3) is 1.62. The van der Waals surface area contributed by atoms with Crippen LogP contribution in [0.15, 0.2) is 10.7 Å². The first-order chi connectivity index (χ1) is 4.93. The second kappa shape index (κ2) is 2.60. The van der Waals surface area contributed by atoms with Crippen LogP contribution in [0.25, 0.3) is 0 Å². The van der Waals surface area contributed by atoms with Crippen molar-refractivity contribution in [3.63, 3.8) is 0 Å². The van der Waals surface area contributed by atoms with Crippen molar-refractivity contribution >= 4 is 15.9 Å². The molecular formula is C7H11BrN2O. The quantitative estimate of drug-likeness (QED) is 0.775. The van der Waals surface area contributed by atoms with Crippen molar-refractivity contribution in [1.29, 1.82) is 0 Å². The molecule has 0 atom stereocenters. The third-order valence-electron chi connectivity index (χ3n) is 1.47. The fourth-order valence-corrected chi connectivity index (χ4v) is 1.93. The first-order valence-electron chi connectivity index (χ1n) is 3.33. The second-order valence-electron chi connectivity index (χ2n) is 3.02. The van der Waals surface area contributed by atoms with Gasteiger partial charge in [-0.25, -0.2) is 0 Å². The maximum absolute atomic E-state index is 9.65. The van der Waals surface area contributed by atoms with Crippen molar-refractivity contribution in [1.82, 2.24) is 9.78 Å². The molecule has 4 heteroatoms. The maximum Gasteiger partial charge on any atom is 0.102 e. The molecule has 0 saturated carbocycles. The molecule has 0 saturated heterocycles. The number of hydrogen-bond acceptors (Lipinski definition) is 2. The van der Waals surface area contributed by atoms with Gasteiger partial charge in [-0.05, 0) is 29.8 Å². The van der Waals surface area contributed by atoms with Crippen molar-refractivity contribution in [2.24, 2.45) is 7.05 Å². The Morgan fingerprint density at radius 3 is 2.36 bits per heavy atom. The van der Waals surface area contributed by atoms with Crippen molar-refractivity contribution in [2.75, 3.05) is 0 Å². The van der Waals surface area contributed by atoms with Crippen LogP contribution in [0, 0.1) is 0 Å². The van der Waals surface area contributed by atoms with Crippen LogP contribution in [-0.4, -0.2) is 14.9 Å². The number of aryl methyl sites for hydroxylation is 1. The summed E-state index contributed by atoms with van der Waals surface area (Å²) in [6.45, 7) is 3.46. The predicted octanol–water partition coefficient (Wildman–Crippen LogP) is 1.41. The van der Waals surface area contributed by atoms with Gasteiger partial charge >= 0.3 is 0 Å². The first-order valence-corrected chi connectivity index (χ1v) is 4.12. The van der Waals surface area contributed by atoms with E-state index in [0.717, 1.165) is 10.2 Å². The van der Waals surface area contributed by atoms with E-state index in [9.17, 15) is 5.11 Å². The summed E-state index contributed by atoms with van der Waals surface area (Å²) < 4.78 is 2.50. The molecule has 0 spiro atoms. The van der Waals surface area contributed by atoms with Gasteiger partial charge in [0, 0.05) is 7.05 Å². The van der Waals surface area contributed by atoms with E-state index in [-0.39, 0.29) is 0 Å². The Labute approximate surface area is 74.2 Å². The molecule has 0 unspecified atom stereocenters. The standard InChI is InChI=1S/C7H11BrN2O/c1-7(2,11)6-5(8)4-9-10(6)3/h4,11H,1-3H3. The average molecular weight is 219 g/mol. The van der Waals surface area contributed by atoms with Gasteiger partial charge in [-0.1, -0.05) is 0 Å². The molecular weight excluding hydrogens is 208 g/mol. The molecule has 0 fully saturated rings. The lowest BCUT2D eigenvalue weighted by molar-refractivity contribution is 0.0688. The van der Waals surface area contributed by atoms with Gasteiger partial charge in [-0.15, -0.1) is 0 Å². The van der Waals surface area contributed by atoms with Gasteiger partial charge in [0.2, 0.25) is 0 Å². The minimum Gasteiger partial charge on any atom is -0.384 e. The lowest BCUT2D eigenvalue weighted by Gasteiger charge is -2.17. The molecule has 11 heavy (non-hydrogen) atoms. The summed E-state index contributed by atoms with van der Waals surface area (Å²) in [4.78, 5) is 0. The van der Waals surface area contributed by atoms with Crippen LogP contribution in [0.4, 0.5) is 0 Å². The van der Waals surface area contributed by atoms with Crippen LogP contribution in [0.2, 0.25) is 0 Å². The number of nitrogens with zero attached hydrogens (tertiary/aromatic N) is 2. The van der Waals surface area contributed by atoms with Crippen molar-refractivity contribution < 1.29 is 5.11 Å². The highest BCUT2D eigenvalue weighted by molar-refractivity contribution is 9.10. The Balaban J connectivity index is 3.21. The Morgan fingerprint density at radius 1 is 1.64 bits per heavy atom. The minimum atomic E-state index is -0.843. The average Bonchev–Trinajstić information content (AvgIpc) is 2.08. The largest absolute Gasteiger partial charge is 0.384 e. The summed E-state index contributed by atoms with van der Waals surface area (Å²) in [7, 11) is 1.80. The summed E-state index contributed by atoms with van der Waals surface area (Å²) in [6, 6.07) is 0. The minimum absolute atomic E-state index is 0.789. The van der Waals surface area contributed by atoms with Crippen LogP contribution in [0.1, 0.15) is 19.5 Å². The smallest absolute Gasteiger partial charge is 0.102 e. The molecule has 0 aliphatic carbocycles. The molecule has 62 valence electrons. The van der Waals surface area contributed by atoms with E-state index in [1.165, 1.54) is 0 Å². The third-order valence-corrected chi connectivity index (χ3v) is 2.05. The Hall–Kier alpha value is -0.350. The van der Waals surface area contributed by atoms with Crippen molar-refractivity contribution in [2.45, 2.75) is 19.4 Å². The fraction of sp³-hybridized carbons (Fsp3) is 0.571. The number of hydrogen-bond donors (Lipinski definition) is 1. The molecule has 0 aromatic carbocycles. The second-order valence-corrected chi connectivity index (χ2v) is 3.88. The number of halogens is 1. The molecule has 0 radical (unpaired) electrons. The van der Waals surface area contributed by atoms with Crippen LogP contribution in [-0.2, 0) is 12.6 Å². The molecule has 0 aliphatic rings. The molecule has 0 aliphatic heterocycles. The number of rotatable bonds is 1. The maximum atomic E-state index is 9.65.